The lowest BCUT2D eigenvalue weighted by Crippen LogP contribution is -2.00. The number of nitrogens with zero attached hydrogens (tertiary/aromatic N) is 4. The lowest BCUT2D eigenvalue weighted by atomic mass is 10.0. The van der Waals surface area contributed by atoms with Crippen LogP contribution in [0.25, 0.3) is 116 Å². The molecule has 0 unspecified atom stereocenters. The topological polar surface area (TPSA) is 69.9 Å². The highest BCUT2D eigenvalue weighted by atomic mass is 16.3. The summed E-state index contributed by atoms with van der Waals surface area (Å²) in [4.78, 5) is 15.1. The molecule has 0 bridgehead atoms. The third kappa shape index (κ3) is 4.46. The van der Waals surface area contributed by atoms with Gasteiger partial charge in [0.25, 0.3) is 0 Å². The van der Waals surface area contributed by atoms with E-state index >= 15 is 0 Å². The van der Waals surface area contributed by atoms with Crippen molar-refractivity contribution in [3.63, 3.8) is 0 Å². The van der Waals surface area contributed by atoms with Gasteiger partial charge in [0.05, 0.1) is 16.4 Å². The van der Waals surface area contributed by atoms with E-state index in [-0.39, 0.29) is 0 Å². The molecule has 4 aromatic heterocycles. The fourth-order valence-corrected chi connectivity index (χ4v) is 8.32. The minimum absolute atomic E-state index is 0.608. The van der Waals surface area contributed by atoms with E-state index in [1.54, 1.807) is 0 Å². The molecule has 0 spiro atoms. The summed E-state index contributed by atoms with van der Waals surface area (Å²) >= 11 is 0. The Labute approximate surface area is 313 Å². The average Bonchev–Trinajstić information content (AvgIpc) is 3.94. The van der Waals surface area contributed by atoms with Crippen LogP contribution in [0.1, 0.15) is 0 Å². The Morgan fingerprint density at radius 2 is 0.927 bits per heavy atom. The van der Waals surface area contributed by atoms with Crippen molar-refractivity contribution in [3.8, 4) is 39.9 Å². The summed E-state index contributed by atoms with van der Waals surface area (Å²) in [5.41, 5.74) is 9.17. The highest BCUT2D eigenvalue weighted by Crippen LogP contribution is 2.48. The normalized spacial score (nSPS) is 12.0. The molecule has 4 heterocycles. The molecule has 0 radical (unpaired) electrons. The molecule has 0 N–H and O–H groups in total. The Kier molecular flexibility index (Phi) is 6.24. The molecule has 12 rings (SSSR count). The highest BCUT2D eigenvalue weighted by molar-refractivity contribution is 6.38. The van der Waals surface area contributed by atoms with Crippen molar-refractivity contribution in [2.45, 2.75) is 0 Å². The smallest absolute Gasteiger partial charge is 0.164 e. The van der Waals surface area contributed by atoms with E-state index in [9.17, 15) is 0 Å². The summed E-state index contributed by atoms with van der Waals surface area (Å²) < 4.78 is 15.8. The van der Waals surface area contributed by atoms with Gasteiger partial charge in [0, 0.05) is 49.3 Å². The lowest BCUT2D eigenvalue weighted by Gasteiger charge is -2.11. The van der Waals surface area contributed by atoms with Crippen molar-refractivity contribution < 1.29 is 8.83 Å². The summed E-state index contributed by atoms with van der Waals surface area (Å²) in [6, 6.07) is 58.4. The Bertz CT molecular complexity index is 3490. The molecule has 0 saturated heterocycles. The van der Waals surface area contributed by atoms with Crippen LogP contribution in [0.3, 0.4) is 0 Å². The largest absolute Gasteiger partial charge is 0.455 e. The molecule has 55 heavy (non-hydrogen) atoms. The number of aromatic nitrogens is 4. The molecule has 6 nitrogen and oxygen atoms in total. The summed E-state index contributed by atoms with van der Waals surface area (Å²) in [5, 5.41) is 8.73. The van der Waals surface area contributed by atoms with E-state index < -0.39 is 0 Å². The minimum Gasteiger partial charge on any atom is -0.455 e. The van der Waals surface area contributed by atoms with Crippen LogP contribution in [0, 0.1) is 0 Å². The second-order valence-corrected chi connectivity index (χ2v) is 14.0. The van der Waals surface area contributed by atoms with Gasteiger partial charge in [-0.25, -0.2) is 15.0 Å². The van der Waals surface area contributed by atoms with Crippen molar-refractivity contribution in [2.75, 3.05) is 0 Å². The van der Waals surface area contributed by atoms with Crippen molar-refractivity contribution in [1.29, 1.82) is 0 Å². The fraction of sp³-hybridized carbons (Fsp3) is 0. The van der Waals surface area contributed by atoms with Gasteiger partial charge in [-0.15, -0.1) is 0 Å². The molecule has 0 amide bonds. The molecule has 256 valence electrons. The van der Waals surface area contributed by atoms with Crippen molar-refractivity contribution in [3.05, 3.63) is 170 Å². The van der Waals surface area contributed by atoms with Gasteiger partial charge in [-0.1, -0.05) is 121 Å². The molecule has 8 aromatic carbocycles. The number of fused-ring (bicyclic) bond motifs is 13. The lowest BCUT2D eigenvalue weighted by molar-refractivity contribution is 0.664. The molecule has 6 heteroatoms. The molecule has 0 fully saturated rings. The molecule has 0 aliphatic heterocycles. The third-order valence-electron chi connectivity index (χ3n) is 10.8. The van der Waals surface area contributed by atoms with Crippen LogP contribution in [-0.4, -0.2) is 19.5 Å². The third-order valence-corrected chi connectivity index (χ3v) is 10.8. The van der Waals surface area contributed by atoms with Gasteiger partial charge in [-0.3, -0.25) is 0 Å². The van der Waals surface area contributed by atoms with Crippen LogP contribution in [0.5, 0.6) is 0 Å². The van der Waals surface area contributed by atoms with E-state index in [0.29, 0.717) is 17.5 Å². The quantitative estimate of drug-likeness (QED) is 0.182. The molecule has 0 saturated carbocycles. The van der Waals surface area contributed by atoms with Gasteiger partial charge in [-0.05, 0) is 59.3 Å². The molecule has 0 aliphatic rings. The van der Waals surface area contributed by atoms with Crippen LogP contribution < -0.4 is 0 Å². The maximum absolute atomic E-state index is 6.78. The van der Waals surface area contributed by atoms with E-state index in [0.717, 1.165) is 93.4 Å². The Morgan fingerprint density at radius 3 is 1.67 bits per heavy atom. The van der Waals surface area contributed by atoms with Gasteiger partial charge in [-0.2, -0.15) is 0 Å². The van der Waals surface area contributed by atoms with Crippen LogP contribution in [0.4, 0.5) is 0 Å². The first kappa shape index (κ1) is 29.9. The molecule has 0 atom stereocenters. The van der Waals surface area contributed by atoms with Gasteiger partial charge < -0.3 is 13.4 Å². The van der Waals surface area contributed by atoms with Crippen molar-refractivity contribution in [2.24, 2.45) is 0 Å². The summed E-state index contributed by atoms with van der Waals surface area (Å²) in [7, 11) is 0. The molecule has 12 aromatic rings. The Hall–Kier alpha value is -7.57. The summed E-state index contributed by atoms with van der Waals surface area (Å²) in [6.07, 6.45) is 0. The van der Waals surface area contributed by atoms with E-state index in [2.05, 4.69) is 120 Å². The van der Waals surface area contributed by atoms with Crippen molar-refractivity contribution in [1.82, 2.24) is 19.5 Å². The van der Waals surface area contributed by atoms with Crippen LogP contribution in [-0.2, 0) is 0 Å². The van der Waals surface area contributed by atoms with Crippen molar-refractivity contribution >= 4 is 76.5 Å². The molecule has 0 aliphatic carbocycles. The van der Waals surface area contributed by atoms with E-state index in [1.807, 2.05) is 54.6 Å². The predicted molar refractivity (Wildman–Crippen MR) is 223 cm³/mol. The number of benzene rings is 8. The van der Waals surface area contributed by atoms with Gasteiger partial charge >= 0.3 is 0 Å². The zero-order valence-corrected chi connectivity index (χ0v) is 29.3. The molecular formula is C49H28N4O2. The predicted octanol–water partition coefficient (Wildman–Crippen LogP) is 12.9. The second-order valence-electron chi connectivity index (χ2n) is 14.0. The second kappa shape index (κ2) is 11.5. The number of hydrogen-bond donors (Lipinski definition) is 0. The monoisotopic (exact) mass is 704 g/mol. The van der Waals surface area contributed by atoms with Crippen LogP contribution in [0.2, 0.25) is 0 Å². The number of hydrogen-bond acceptors (Lipinski definition) is 5. The number of para-hydroxylation sites is 3. The minimum atomic E-state index is 0.608. The van der Waals surface area contributed by atoms with Crippen LogP contribution in [0.15, 0.2) is 179 Å². The Balaban J connectivity index is 1.10. The average molecular weight is 705 g/mol. The first-order valence-electron chi connectivity index (χ1n) is 18.4. The highest BCUT2D eigenvalue weighted by Gasteiger charge is 2.26. The summed E-state index contributed by atoms with van der Waals surface area (Å²) in [5.74, 6) is 1.87. The van der Waals surface area contributed by atoms with E-state index in [4.69, 9.17) is 23.8 Å². The standard InChI is InChI=1S/C49H28N4O2/c1-2-13-30(14-3-1)47-50-48(52-49(51-47)33-23-22-29-12-4-5-15-32(29)28-33)31-24-26-34(27-25-31)53-38-19-9-6-16-35(38)41-42-36-17-7-10-20-39(36)54-45(42)43-37-18-8-11-21-40(37)55-46(43)44(41)53/h1-28H. The fourth-order valence-electron chi connectivity index (χ4n) is 8.32. The van der Waals surface area contributed by atoms with Gasteiger partial charge in [0.2, 0.25) is 0 Å². The zero-order chi connectivity index (χ0) is 36.0. The number of furan rings is 2. The number of rotatable bonds is 4. The first-order chi connectivity index (χ1) is 27.3. The van der Waals surface area contributed by atoms with E-state index in [1.165, 1.54) is 5.39 Å². The maximum Gasteiger partial charge on any atom is 0.164 e. The Morgan fingerprint density at radius 1 is 0.382 bits per heavy atom. The maximum atomic E-state index is 6.78. The van der Waals surface area contributed by atoms with Crippen LogP contribution >= 0.6 is 0 Å². The molecular weight excluding hydrogens is 677 g/mol. The van der Waals surface area contributed by atoms with Gasteiger partial charge in [0.1, 0.15) is 16.7 Å². The first-order valence-corrected chi connectivity index (χ1v) is 18.4. The summed E-state index contributed by atoms with van der Waals surface area (Å²) in [6.45, 7) is 0. The van der Waals surface area contributed by atoms with Gasteiger partial charge in [0.15, 0.2) is 23.1 Å². The SMILES string of the molecule is c1ccc(-c2nc(-c3ccc(-n4c5ccccc5c5c6c7ccccc7oc6c6c7ccccc7oc6c54)cc3)nc(-c3ccc4ccccc4c3)n2)cc1. The zero-order valence-electron chi connectivity index (χ0n) is 29.3.